The highest BCUT2D eigenvalue weighted by Crippen LogP contribution is 2.37. The number of hydrogen-bond donors (Lipinski definition) is 2. The molecule has 5 nitrogen and oxygen atoms in total. The molecule has 1 aliphatic heterocycles. The summed E-state index contributed by atoms with van der Waals surface area (Å²) in [6.07, 6.45) is -2.87. The molecule has 1 unspecified atom stereocenters. The molecule has 4 rings (SSSR count). The zero-order valence-electron chi connectivity index (χ0n) is 15.1. The second kappa shape index (κ2) is 6.53. The van der Waals surface area contributed by atoms with E-state index < -0.39 is 11.7 Å². The molecule has 3 heterocycles. The monoisotopic (exact) mass is 375 g/mol. The van der Waals surface area contributed by atoms with Gasteiger partial charge in [0.25, 0.3) is 0 Å². The summed E-state index contributed by atoms with van der Waals surface area (Å²) < 4.78 is 39.9. The van der Waals surface area contributed by atoms with Gasteiger partial charge in [-0.05, 0) is 43.7 Å². The molecule has 1 atom stereocenters. The van der Waals surface area contributed by atoms with E-state index in [4.69, 9.17) is 0 Å². The van der Waals surface area contributed by atoms with E-state index in [-0.39, 0.29) is 0 Å². The van der Waals surface area contributed by atoms with Crippen LogP contribution >= 0.6 is 0 Å². The lowest BCUT2D eigenvalue weighted by Gasteiger charge is -2.33. The second-order valence-electron chi connectivity index (χ2n) is 6.96. The molecule has 0 aliphatic carbocycles. The van der Waals surface area contributed by atoms with Gasteiger partial charge in [-0.1, -0.05) is 0 Å². The highest BCUT2D eigenvalue weighted by Gasteiger charge is 2.32. The number of aryl methyl sites for hydroxylation is 1. The Labute approximate surface area is 154 Å². The lowest BCUT2D eigenvalue weighted by molar-refractivity contribution is -0.137. The van der Waals surface area contributed by atoms with Crippen LogP contribution in [0.3, 0.4) is 0 Å². The van der Waals surface area contributed by atoms with Crippen molar-refractivity contribution in [3.05, 3.63) is 41.7 Å². The van der Waals surface area contributed by atoms with Gasteiger partial charge in [-0.3, -0.25) is 5.10 Å². The molecule has 3 aromatic rings. The number of fused-ring (bicyclic) bond motifs is 1. The summed E-state index contributed by atoms with van der Waals surface area (Å²) in [5, 5.41) is 10.6. The highest BCUT2D eigenvalue weighted by atomic mass is 19.4. The van der Waals surface area contributed by atoms with Gasteiger partial charge in [-0.2, -0.15) is 18.3 Å². The van der Waals surface area contributed by atoms with Crippen molar-refractivity contribution in [2.75, 3.05) is 24.5 Å². The molecule has 0 saturated carbocycles. The molecule has 0 radical (unpaired) electrons. The van der Waals surface area contributed by atoms with Crippen LogP contribution in [0.2, 0.25) is 0 Å². The topological polar surface area (TPSA) is 56.8 Å². The number of halogens is 3. The predicted octanol–water partition coefficient (Wildman–Crippen LogP) is 3.75. The fourth-order valence-electron chi connectivity index (χ4n) is 3.59. The van der Waals surface area contributed by atoms with Crippen LogP contribution in [0, 0.1) is 6.92 Å². The van der Waals surface area contributed by atoms with Gasteiger partial charge < -0.3 is 10.2 Å². The van der Waals surface area contributed by atoms with E-state index in [1.165, 1.54) is 6.07 Å². The van der Waals surface area contributed by atoms with E-state index in [2.05, 4.69) is 32.3 Å². The Balaban J connectivity index is 1.78. The minimum atomic E-state index is -4.42. The number of piperazine rings is 1. The summed E-state index contributed by atoms with van der Waals surface area (Å²) >= 11 is 0. The fourth-order valence-corrected chi connectivity index (χ4v) is 3.59. The van der Waals surface area contributed by atoms with Gasteiger partial charge in [0.2, 0.25) is 0 Å². The van der Waals surface area contributed by atoms with Crippen LogP contribution in [0.25, 0.3) is 22.0 Å². The van der Waals surface area contributed by atoms with Crippen LogP contribution in [-0.2, 0) is 6.18 Å². The van der Waals surface area contributed by atoms with Crippen molar-refractivity contribution in [1.82, 2.24) is 20.5 Å². The summed E-state index contributed by atoms with van der Waals surface area (Å²) in [7, 11) is 0. The van der Waals surface area contributed by atoms with Crippen molar-refractivity contribution in [2.45, 2.75) is 26.1 Å². The number of H-pyrrole nitrogens is 1. The van der Waals surface area contributed by atoms with Gasteiger partial charge in [-0.25, -0.2) is 4.98 Å². The van der Waals surface area contributed by atoms with Crippen molar-refractivity contribution in [2.24, 2.45) is 0 Å². The third-order valence-corrected chi connectivity index (χ3v) is 4.94. The number of aromatic amines is 1. The number of rotatable bonds is 2. The molecule has 0 spiro atoms. The number of aromatic nitrogens is 3. The quantitative estimate of drug-likeness (QED) is 0.716. The van der Waals surface area contributed by atoms with Gasteiger partial charge in [-0.15, -0.1) is 0 Å². The Hall–Kier alpha value is -2.61. The highest BCUT2D eigenvalue weighted by molar-refractivity contribution is 5.95. The second-order valence-corrected chi connectivity index (χ2v) is 6.96. The molecule has 1 saturated heterocycles. The summed E-state index contributed by atoms with van der Waals surface area (Å²) in [4.78, 5) is 6.87. The van der Waals surface area contributed by atoms with E-state index in [0.29, 0.717) is 33.8 Å². The van der Waals surface area contributed by atoms with Crippen molar-refractivity contribution in [3.63, 3.8) is 0 Å². The minimum Gasteiger partial charge on any atom is -0.354 e. The maximum Gasteiger partial charge on any atom is 0.416 e. The van der Waals surface area contributed by atoms with Crippen molar-refractivity contribution in [3.8, 4) is 11.1 Å². The van der Waals surface area contributed by atoms with Crippen molar-refractivity contribution >= 4 is 16.7 Å². The third kappa shape index (κ3) is 3.37. The lowest BCUT2D eigenvalue weighted by atomic mass is 9.98. The van der Waals surface area contributed by atoms with Crippen LogP contribution in [0.4, 0.5) is 19.0 Å². The lowest BCUT2D eigenvalue weighted by Crippen LogP contribution is -2.49. The van der Waals surface area contributed by atoms with Gasteiger partial charge in [0, 0.05) is 42.3 Å². The SMILES string of the molecule is Cc1nc(N2CCNC(C)C2)ccc1-c1cc(C(F)(F)F)cc2[nH]ncc12. The number of hydrogen-bond acceptors (Lipinski definition) is 4. The van der Waals surface area contributed by atoms with Crippen LogP contribution < -0.4 is 10.2 Å². The molecule has 1 aliphatic rings. The fraction of sp³-hybridized carbons (Fsp3) is 0.368. The Kier molecular flexibility index (Phi) is 4.30. The molecular weight excluding hydrogens is 355 g/mol. The molecule has 0 amide bonds. The molecular formula is C19H20F3N5. The predicted molar refractivity (Wildman–Crippen MR) is 98.7 cm³/mol. The number of alkyl halides is 3. The Morgan fingerprint density at radius 1 is 1.19 bits per heavy atom. The first-order valence-corrected chi connectivity index (χ1v) is 8.83. The molecule has 142 valence electrons. The number of nitrogens with zero attached hydrogens (tertiary/aromatic N) is 3. The summed E-state index contributed by atoms with van der Waals surface area (Å²) in [6.45, 7) is 6.53. The normalized spacial score (nSPS) is 18.3. The zero-order chi connectivity index (χ0) is 19.2. The molecule has 1 aromatic carbocycles. The van der Waals surface area contributed by atoms with E-state index in [1.54, 1.807) is 6.20 Å². The molecule has 1 fully saturated rings. The minimum absolute atomic E-state index is 0.360. The van der Waals surface area contributed by atoms with Crippen LogP contribution in [0.1, 0.15) is 18.2 Å². The van der Waals surface area contributed by atoms with Crippen LogP contribution in [-0.4, -0.2) is 40.9 Å². The first-order chi connectivity index (χ1) is 12.8. The molecule has 0 bridgehead atoms. The standard InChI is InChI=1S/C19H20F3N5/c1-11-10-27(6-5-23-11)18-4-3-14(12(2)25-18)15-7-13(19(20,21)22)8-17-16(15)9-24-26-17/h3-4,7-9,11,23H,5-6,10H2,1-2H3,(H,24,26). The summed E-state index contributed by atoms with van der Waals surface area (Å²) in [5.41, 5.74) is 1.52. The number of pyridine rings is 1. The smallest absolute Gasteiger partial charge is 0.354 e. The zero-order valence-corrected chi connectivity index (χ0v) is 15.1. The van der Waals surface area contributed by atoms with Gasteiger partial charge in [0.1, 0.15) is 5.82 Å². The van der Waals surface area contributed by atoms with Gasteiger partial charge in [0.15, 0.2) is 0 Å². The third-order valence-electron chi connectivity index (χ3n) is 4.94. The summed E-state index contributed by atoms with van der Waals surface area (Å²) in [6, 6.07) is 6.37. The summed E-state index contributed by atoms with van der Waals surface area (Å²) in [5.74, 6) is 0.847. The maximum atomic E-state index is 13.3. The van der Waals surface area contributed by atoms with E-state index in [9.17, 15) is 13.2 Å². The number of benzene rings is 1. The van der Waals surface area contributed by atoms with Gasteiger partial charge >= 0.3 is 6.18 Å². The first kappa shape index (κ1) is 17.8. The number of nitrogens with one attached hydrogen (secondary N) is 2. The Bertz CT molecular complexity index is 979. The number of anilines is 1. The van der Waals surface area contributed by atoms with E-state index in [1.807, 2.05) is 19.1 Å². The molecule has 2 N–H and O–H groups in total. The molecule has 2 aromatic heterocycles. The van der Waals surface area contributed by atoms with Crippen molar-refractivity contribution in [1.29, 1.82) is 0 Å². The molecule has 27 heavy (non-hydrogen) atoms. The Morgan fingerprint density at radius 3 is 2.70 bits per heavy atom. The van der Waals surface area contributed by atoms with Crippen molar-refractivity contribution < 1.29 is 13.2 Å². The van der Waals surface area contributed by atoms with E-state index in [0.717, 1.165) is 31.5 Å². The Morgan fingerprint density at radius 2 is 2.00 bits per heavy atom. The maximum absolute atomic E-state index is 13.3. The largest absolute Gasteiger partial charge is 0.416 e. The average molecular weight is 375 g/mol. The first-order valence-electron chi connectivity index (χ1n) is 8.83. The average Bonchev–Trinajstić information content (AvgIpc) is 3.09. The van der Waals surface area contributed by atoms with Gasteiger partial charge in [0.05, 0.1) is 17.3 Å². The molecule has 8 heteroatoms. The van der Waals surface area contributed by atoms with Crippen LogP contribution in [0.15, 0.2) is 30.5 Å². The van der Waals surface area contributed by atoms with E-state index >= 15 is 0 Å². The van der Waals surface area contributed by atoms with Crippen LogP contribution in [0.5, 0.6) is 0 Å².